The summed E-state index contributed by atoms with van der Waals surface area (Å²) in [6.07, 6.45) is 9.04. The largest absolute Gasteiger partial charge is 0.371 e. The van der Waals surface area contributed by atoms with Gasteiger partial charge in [-0.15, -0.1) is 0 Å². The minimum atomic E-state index is -0.306. The summed E-state index contributed by atoms with van der Waals surface area (Å²) >= 11 is 0. The third-order valence-corrected chi connectivity index (χ3v) is 5.88. The summed E-state index contributed by atoms with van der Waals surface area (Å²) in [5.41, 5.74) is 2.02. The van der Waals surface area contributed by atoms with Gasteiger partial charge in [-0.25, -0.2) is 0 Å². The quantitative estimate of drug-likeness (QED) is 0.695. The highest BCUT2D eigenvalue weighted by Crippen LogP contribution is 2.35. The van der Waals surface area contributed by atoms with Crippen molar-refractivity contribution in [2.45, 2.75) is 26.3 Å². The van der Waals surface area contributed by atoms with E-state index in [1.165, 1.54) is 5.69 Å². The van der Waals surface area contributed by atoms with E-state index in [9.17, 15) is 4.79 Å². The first kappa shape index (κ1) is 18.4. The zero-order valence-electron chi connectivity index (χ0n) is 16.5. The van der Waals surface area contributed by atoms with Crippen LogP contribution in [0.1, 0.15) is 25.3 Å². The van der Waals surface area contributed by atoms with Gasteiger partial charge in [-0.1, -0.05) is 19.1 Å². The number of pyridine rings is 2. The van der Waals surface area contributed by atoms with Gasteiger partial charge in [0.25, 0.3) is 0 Å². The molecular formula is C23H26N4O. The first-order chi connectivity index (χ1) is 13.5. The van der Waals surface area contributed by atoms with E-state index in [-0.39, 0.29) is 11.3 Å². The van der Waals surface area contributed by atoms with E-state index in [1.807, 2.05) is 48.7 Å². The highest BCUT2D eigenvalue weighted by molar-refractivity contribution is 5.84. The Balaban J connectivity index is 1.41. The molecule has 0 spiro atoms. The summed E-state index contributed by atoms with van der Waals surface area (Å²) < 4.78 is 0. The van der Waals surface area contributed by atoms with Gasteiger partial charge >= 0.3 is 0 Å². The monoisotopic (exact) mass is 374 g/mol. The van der Waals surface area contributed by atoms with E-state index in [1.54, 1.807) is 6.20 Å². The fraction of sp³-hybridized carbons (Fsp3) is 0.348. The summed E-state index contributed by atoms with van der Waals surface area (Å²) in [6, 6.07) is 12.4. The van der Waals surface area contributed by atoms with Crippen LogP contribution in [0.25, 0.3) is 10.8 Å². The van der Waals surface area contributed by atoms with Crippen molar-refractivity contribution in [1.82, 2.24) is 14.9 Å². The Morgan fingerprint density at radius 1 is 1.04 bits per heavy atom. The second-order valence-corrected chi connectivity index (χ2v) is 7.97. The van der Waals surface area contributed by atoms with Crippen molar-refractivity contribution in [3.8, 4) is 0 Å². The number of carbonyl (C=O) groups is 1. The van der Waals surface area contributed by atoms with Crippen LogP contribution in [0.3, 0.4) is 0 Å². The molecule has 144 valence electrons. The molecule has 1 saturated heterocycles. The molecule has 4 rings (SSSR count). The van der Waals surface area contributed by atoms with Gasteiger partial charge in [-0.3, -0.25) is 14.8 Å². The van der Waals surface area contributed by atoms with Crippen LogP contribution in [0.5, 0.6) is 0 Å². The van der Waals surface area contributed by atoms with Crippen LogP contribution >= 0.6 is 0 Å². The number of carbonyl (C=O) groups excluding carboxylic acids is 1. The van der Waals surface area contributed by atoms with E-state index in [4.69, 9.17) is 0 Å². The Morgan fingerprint density at radius 3 is 2.50 bits per heavy atom. The molecule has 5 heteroatoms. The van der Waals surface area contributed by atoms with Gasteiger partial charge in [-0.2, -0.15) is 0 Å². The third kappa shape index (κ3) is 3.70. The Morgan fingerprint density at radius 2 is 1.75 bits per heavy atom. The van der Waals surface area contributed by atoms with Crippen LogP contribution < -0.4 is 4.90 Å². The second-order valence-electron chi connectivity index (χ2n) is 7.97. The molecule has 1 aliphatic rings. The Labute approximate surface area is 166 Å². The number of hydrogen-bond donors (Lipinski definition) is 0. The van der Waals surface area contributed by atoms with Crippen molar-refractivity contribution < 1.29 is 4.79 Å². The van der Waals surface area contributed by atoms with Crippen molar-refractivity contribution in [2.75, 3.05) is 25.0 Å². The molecule has 1 fully saturated rings. The van der Waals surface area contributed by atoms with E-state index < -0.39 is 0 Å². The number of fused-ring (bicyclic) bond motifs is 1. The molecular weight excluding hydrogens is 348 g/mol. The third-order valence-electron chi connectivity index (χ3n) is 5.88. The van der Waals surface area contributed by atoms with Crippen LogP contribution in [-0.2, 0) is 11.3 Å². The number of aromatic nitrogens is 2. The SMILES string of the molecule is CN(Cc1ccc2cnccc2c1)C(=O)C1(C)CCN(c2ccncc2)CC1. The lowest BCUT2D eigenvalue weighted by atomic mass is 9.79. The van der Waals surface area contributed by atoms with E-state index in [0.29, 0.717) is 6.54 Å². The molecule has 1 amide bonds. The van der Waals surface area contributed by atoms with Gasteiger partial charge in [0.2, 0.25) is 5.91 Å². The van der Waals surface area contributed by atoms with Crippen molar-refractivity contribution >= 4 is 22.4 Å². The standard InChI is InChI=1S/C23H26N4O/c1-23(8-13-27(14-9-23)21-6-11-24-12-7-21)22(28)26(2)17-18-3-4-20-16-25-10-5-19(20)15-18/h3-7,10-12,15-16H,8-9,13-14,17H2,1-2H3. The topological polar surface area (TPSA) is 49.3 Å². The number of amides is 1. The molecule has 1 aromatic carbocycles. The number of piperidine rings is 1. The molecule has 0 N–H and O–H groups in total. The molecule has 5 nitrogen and oxygen atoms in total. The van der Waals surface area contributed by atoms with Crippen LogP contribution in [0.15, 0.2) is 61.2 Å². The first-order valence-electron chi connectivity index (χ1n) is 9.78. The molecule has 3 heterocycles. The molecule has 0 unspecified atom stereocenters. The summed E-state index contributed by atoms with van der Waals surface area (Å²) in [6.45, 7) is 4.52. The van der Waals surface area contributed by atoms with E-state index >= 15 is 0 Å². The molecule has 0 atom stereocenters. The van der Waals surface area contributed by atoms with Gasteiger partial charge in [0.05, 0.1) is 0 Å². The molecule has 1 aliphatic heterocycles. The fourth-order valence-corrected chi connectivity index (χ4v) is 4.06. The normalized spacial score (nSPS) is 16.1. The van der Waals surface area contributed by atoms with Crippen LogP contribution in [0.2, 0.25) is 0 Å². The second kappa shape index (κ2) is 7.58. The van der Waals surface area contributed by atoms with Gasteiger partial charge in [0, 0.05) is 68.0 Å². The molecule has 0 radical (unpaired) electrons. The predicted molar refractivity (Wildman–Crippen MR) is 112 cm³/mol. The van der Waals surface area contributed by atoms with Crippen LogP contribution in [0.4, 0.5) is 5.69 Å². The van der Waals surface area contributed by atoms with Crippen molar-refractivity contribution in [2.24, 2.45) is 5.41 Å². The lowest BCUT2D eigenvalue weighted by molar-refractivity contribution is -0.141. The van der Waals surface area contributed by atoms with Gasteiger partial charge in [0.15, 0.2) is 0 Å². The molecule has 0 bridgehead atoms. The zero-order valence-corrected chi connectivity index (χ0v) is 16.5. The number of nitrogens with zero attached hydrogens (tertiary/aromatic N) is 4. The first-order valence-corrected chi connectivity index (χ1v) is 9.78. The average molecular weight is 374 g/mol. The summed E-state index contributed by atoms with van der Waals surface area (Å²) in [7, 11) is 1.92. The number of hydrogen-bond acceptors (Lipinski definition) is 4. The van der Waals surface area contributed by atoms with E-state index in [2.05, 4.69) is 40.0 Å². The number of rotatable bonds is 4. The van der Waals surface area contributed by atoms with Gasteiger partial charge in [-0.05, 0) is 48.1 Å². The van der Waals surface area contributed by atoms with Gasteiger partial charge < -0.3 is 9.80 Å². The van der Waals surface area contributed by atoms with Crippen LogP contribution in [0, 0.1) is 5.41 Å². The summed E-state index contributed by atoms with van der Waals surface area (Å²) in [5.74, 6) is 0.233. The average Bonchev–Trinajstić information content (AvgIpc) is 2.74. The minimum absolute atomic E-state index is 0.233. The maximum absolute atomic E-state index is 13.2. The molecule has 2 aromatic heterocycles. The number of benzene rings is 1. The smallest absolute Gasteiger partial charge is 0.228 e. The fourth-order valence-electron chi connectivity index (χ4n) is 4.06. The van der Waals surface area contributed by atoms with Crippen LogP contribution in [-0.4, -0.2) is 40.9 Å². The molecule has 3 aromatic rings. The summed E-state index contributed by atoms with van der Waals surface area (Å²) in [4.78, 5) is 25.7. The lowest BCUT2D eigenvalue weighted by Crippen LogP contribution is -2.47. The zero-order chi connectivity index (χ0) is 19.6. The molecule has 0 saturated carbocycles. The Kier molecular flexibility index (Phi) is 4.99. The summed E-state index contributed by atoms with van der Waals surface area (Å²) in [5, 5.41) is 2.28. The maximum atomic E-state index is 13.2. The van der Waals surface area contributed by atoms with Crippen molar-refractivity contribution in [3.63, 3.8) is 0 Å². The maximum Gasteiger partial charge on any atom is 0.228 e. The lowest BCUT2D eigenvalue weighted by Gasteiger charge is -2.41. The Hall–Kier alpha value is -2.95. The molecule has 28 heavy (non-hydrogen) atoms. The Bertz CT molecular complexity index is 965. The van der Waals surface area contributed by atoms with Gasteiger partial charge in [0.1, 0.15) is 0 Å². The van der Waals surface area contributed by atoms with E-state index in [0.717, 1.165) is 42.3 Å². The highest BCUT2D eigenvalue weighted by Gasteiger charge is 2.38. The highest BCUT2D eigenvalue weighted by atomic mass is 16.2. The number of anilines is 1. The van der Waals surface area contributed by atoms with Crippen molar-refractivity contribution in [3.05, 3.63) is 66.7 Å². The predicted octanol–water partition coefficient (Wildman–Crippen LogP) is 3.89. The minimum Gasteiger partial charge on any atom is -0.371 e. The molecule has 0 aliphatic carbocycles. The van der Waals surface area contributed by atoms with Crippen molar-refractivity contribution in [1.29, 1.82) is 0 Å².